The van der Waals surface area contributed by atoms with Crippen molar-refractivity contribution in [3.05, 3.63) is 35.9 Å². The van der Waals surface area contributed by atoms with E-state index in [-0.39, 0.29) is 6.10 Å². The maximum atomic E-state index is 5.99. The van der Waals surface area contributed by atoms with Gasteiger partial charge >= 0.3 is 0 Å². The molecule has 2 atom stereocenters. The zero-order chi connectivity index (χ0) is 10.7. The molecule has 0 bridgehead atoms. The molecule has 2 nitrogen and oxygen atoms in total. The van der Waals surface area contributed by atoms with Crippen LogP contribution < -0.4 is 0 Å². The van der Waals surface area contributed by atoms with Gasteiger partial charge in [0.2, 0.25) is 0 Å². The lowest BCUT2D eigenvalue weighted by Crippen LogP contribution is -2.40. The first-order valence-corrected chi connectivity index (χ1v) is 5.64. The van der Waals surface area contributed by atoms with Crippen LogP contribution in [0.3, 0.4) is 0 Å². The molecule has 2 heteroatoms. The van der Waals surface area contributed by atoms with E-state index in [0.717, 1.165) is 25.0 Å². The summed E-state index contributed by atoms with van der Waals surface area (Å²) >= 11 is 0. The highest BCUT2D eigenvalue weighted by molar-refractivity contribution is 5.20. The van der Waals surface area contributed by atoms with Gasteiger partial charge in [-0.05, 0) is 13.3 Å². The van der Waals surface area contributed by atoms with Crippen molar-refractivity contribution in [2.24, 2.45) is 0 Å². The summed E-state index contributed by atoms with van der Waals surface area (Å²) in [5, 5.41) is 0. The fourth-order valence-corrected chi connectivity index (χ4v) is 2.04. The van der Waals surface area contributed by atoms with E-state index in [4.69, 9.17) is 9.47 Å². The van der Waals surface area contributed by atoms with Crippen LogP contribution in [0.2, 0.25) is 0 Å². The normalized spacial score (nSPS) is 31.5. The van der Waals surface area contributed by atoms with Crippen LogP contribution in [0.15, 0.2) is 30.3 Å². The third-order valence-corrected chi connectivity index (χ3v) is 2.93. The average molecular weight is 206 g/mol. The van der Waals surface area contributed by atoms with E-state index in [9.17, 15) is 0 Å². The third kappa shape index (κ3) is 2.06. The van der Waals surface area contributed by atoms with E-state index in [2.05, 4.69) is 26.0 Å². The Labute approximate surface area is 91.2 Å². The summed E-state index contributed by atoms with van der Waals surface area (Å²) in [4.78, 5) is 0. The number of hydrogen-bond donors (Lipinski definition) is 0. The second-order valence-electron chi connectivity index (χ2n) is 4.04. The van der Waals surface area contributed by atoms with Gasteiger partial charge < -0.3 is 9.47 Å². The third-order valence-electron chi connectivity index (χ3n) is 2.93. The molecule has 2 rings (SSSR count). The molecular weight excluding hydrogens is 188 g/mol. The lowest BCUT2D eigenvalue weighted by Gasteiger charge is -2.40. The summed E-state index contributed by atoms with van der Waals surface area (Å²) in [7, 11) is 0. The highest BCUT2D eigenvalue weighted by atomic mass is 16.7. The van der Waals surface area contributed by atoms with Gasteiger partial charge in [-0.15, -0.1) is 0 Å². The molecule has 1 aromatic rings. The van der Waals surface area contributed by atoms with Gasteiger partial charge in [0.05, 0.1) is 12.7 Å². The molecule has 0 N–H and O–H groups in total. The van der Waals surface area contributed by atoms with E-state index in [1.165, 1.54) is 0 Å². The van der Waals surface area contributed by atoms with E-state index < -0.39 is 5.79 Å². The summed E-state index contributed by atoms with van der Waals surface area (Å²) in [5.74, 6) is -0.515. The predicted octanol–water partition coefficient (Wildman–Crippen LogP) is 3.07. The first kappa shape index (κ1) is 10.7. The Morgan fingerprint density at radius 3 is 2.67 bits per heavy atom. The van der Waals surface area contributed by atoms with Crippen LogP contribution in [-0.2, 0) is 15.3 Å². The van der Waals surface area contributed by atoms with E-state index in [0.29, 0.717) is 0 Å². The standard InChI is InChI=1S/C13H18O2/c1-3-13(12-7-5-4-6-8-12)14-10-9-11(2)15-13/h4-8,11H,3,9-10H2,1-2H3. The van der Waals surface area contributed by atoms with Gasteiger partial charge in [-0.1, -0.05) is 37.3 Å². The average Bonchev–Trinajstić information content (AvgIpc) is 2.30. The molecule has 1 aliphatic heterocycles. The van der Waals surface area contributed by atoms with Crippen LogP contribution in [0.5, 0.6) is 0 Å². The Kier molecular flexibility index (Phi) is 3.08. The smallest absolute Gasteiger partial charge is 0.194 e. The van der Waals surface area contributed by atoms with Crippen molar-refractivity contribution >= 4 is 0 Å². The lowest BCUT2D eigenvalue weighted by atomic mass is 10.0. The van der Waals surface area contributed by atoms with Crippen LogP contribution in [-0.4, -0.2) is 12.7 Å². The minimum absolute atomic E-state index is 0.277. The largest absolute Gasteiger partial charge is 0.346 e. The first-order valence-electron chi connectivity index (χ1n) is 5.64. The van der Waals surface area contributed by atoms with Crippen LogP contribution in [0, 0.1) is 0 Å². The van der Waals surface area contributed by atoms with Crippen molar-refractivity contribution in [3.8, 4) is 0 Å². The van der Waals surface area contributed by atoms with E-state index in [1.807, 2.05) is 18.2 Å². The molecule has 0 spiro atoms. The Bertz CT molecular complexity index is 310. The van der Waals surface area contributed by atoms with Crippen molar-refractivity contribution in [1.29, 1.82) is 0 Å². The van der Waals surface area contributed by atoms with Crippen LogP contribution in [0.25, 0.3) is 0 Å². The van der Waals surface area contributed by atoms with Gasteiger partial charge in [0, 0.05) is 12.0 Å². The van der Waals surface area contributed by atoms with E-state index >= 15 is 0 Å². The van der Waals surface area contributed by atoms with Crippen LogP contribution in [0.4, 0.5) is 0 Å². The molecule has 82 valence electrons. The first-order chi connectivity index (χ1) is 7.27. The predicted molar refractivity (Wildman–Crippen MR) is 59.5 cm³/mol. The van der Waals surface area contributed by atoms with Crippen molar-refractivity contribution in [2.45, 2.75) is 38.6 Å². The SMILES string of the molecule is CCC1(c2ccccc2)OCCC(C)O1. The Balaban J connectivity index is 2.28. The van der Waals surface area contributed by atoms with Gasteiger partial charge in [0.25, 0.3) is 0 Å². The number of hydrogen-bond acceptors (Lipinski definition) is 2. The quantitative estimate of drug-likeness (QED) is 0.740. The molecule has 0 amide bonds. The summed E-state index contributed by atoms with van der Waals surface area (Å²) < 4.78 is 11.8. The summed E-state index contributed by atoms with van der Waals surface area (Å²) in [6.45, 7) is 4.99. The topological polar surface area (TPSA) is 18.5 Å². The van der Waals surface area contributed by atoms with E-state index in [1.54, 1.807) is 0 Å². The summed E-state index contributed by atoms with van der Waals surface area (Å²) in [6, 6.07) is 10.2. The van der Waals surface area contributed by atoms with Gasteiger partial charge in [-0.25, -0.2) is 0 Å². The molecule has 1 aliphatic rings. The second kappa shape index (κ2) is 4.33. The Hall–Kier alpha value is -0.860. The molecule has 15 heavy (non-hydrogen) atoms. The van der Waals surface area contributed by atoms with Gasteiger partial charge in [0.15, 0.2) is 5.79 Å². The molecule has 1 fully saturated rings. The minimum atomic E-state index is -0.515. The number of rotatable bonds is 2. The maximum Gasteiger partial charge on any atom is 0.194 e. The Morgan fingerprint density at radius 1 is 1.33 bits per heavy atom. The van der Waals surface area contributed by atoms with Gasteiger partial charge in [-0.3, -0.25) is 0 Å². The van der Waals surface area contributed by atoms with Crippen molar-refractivity contribution in [2.75, 3.05) is 6.61 Å². The highest BCUT2D eigenvalue weighted by Gasteiger charge is 2.37. The van der Waals surface area contributed by atoms with Crippen molar-refractivity contribution < 1.29 is 9.47 Å². The monoisotopic (exact) mass is 206 g/mol. The highest BCUT2D eigenvalue weighted by Crippen LogP contribution is 2.35. The molecule has 0 aliphatic carbocycles. The van der Waals surface area contributed by atoms with Gasteiger partial charge in [0.1, 0.15) is 0 Å². The van der Waals surface area contributed by atoms with Crippen LogP contribution in [0.1, 0.15) is 32.3 Å². The summed E-state index contributed by atoms with van der Waals surface area (Å²) in [5.41, 5.74) is 1.12. The van der Waals surface area contributed by atoms with Crippen molar-refractivity contribution in [1.82, 2.24) is 0 Å². The zero-order valence-electron chi connectivity index (χ0n) is 9.40. The molecule has 0 saturated carbocycles. The molecule has 0 radical (unpaired) electrons. The van der Waals surface area contributed by atoms with Gasteiger partial charge in [-0.2, -0.15) is 0 Å². The summed E-state index contributed by atoms with van der Waals surface area (Å²) in [6.07, 6.45) is 2.11. The number of ether oxygens (including phenoxy) is 2. The molecule has 0 aromatic heterocycles. The fraction of sp³-hybridized carbons (Fsp3) is 0.538. The lowest BCUT2D eigenvalue weighted by molar-refractivity contribution is -0.300. The number of benzene rings is 1. The molecule has 1 heterocycles. The zero-order valence-corrected chi connectivity index (χ0v) is 9.40. The minimum Gasteiger partial charge on any atom is -0.346 e. The molecule has 2 unspecified atom stereocenters. The molecule has 1 aromatic carbocycles. The fourth-order valence-electron chi connectivity index (χ4n) is 2.04. The van der Waals surface area contributed by atoms with Crippen LogP contribution >= 0.6 is 0 Å². The maximum absolute atomic E-state index is 5.99. The molecule has 1 saturated heterocycles. The second-order valence-corrected chi connectivity index (χ2v) is 4.04. The Morgan fingerprint density at radius 2 is 2.07 bits per heavy atom. The molecular formula is C13H18O2. The van der Waals surface area contributed by atoms with Crippen molar-refractivity contribution in [3.63, 3.8) is 0 Å².